The van der Waals surface area contributed by atoms with Gasteiger partial charge in [-0.25, -0.2) is 9.97 Å². The molecular formula is C24H20N8OS. The van der Waals surface area contributed by atoms with Crippen molar-refractivity contribution in [1.82, 2.24) is 34.8 Å². The zero-order valence-electron chi connectivity index (χ0n) is 18.4. The SMILES string of the molecule is CC(C)NC(=O)c1cc2ccc(-c3nc(Nc4ccc5[nH]ncc5c4)c4sncc4n3)cc2[nH]1. The molecule has 4 aromatic heterocycles. The summed E-state index contributed by atoms with van der Waals surface area (Å²) in [4.78, 5) is 25.2. The van der Waals surface area contributed by atoms with Crippen LogP contribution in [0.15, 0.2) is 54.9 Å². The van der Waals surface area contributed by atoms with Gasteiger partial charge in [-0.3, -0.25) is 9.89 Å². The monoisotopic (exact) mass is 468 g/mol. The van der Waals surface area contributed by atoms with E-state index in [9.17, 15) is 4.79 Å². The summed E-state index contributed by atoms with van der Waals surface area (Å²) in [5.74, 6) is 1.13. The minimum Gasteiger partial charge on any atom is -0.351 e. The Morgan fingerprint density at radius 2 is 1.91 bits per heavy atom. The lowest BCUT2D eigenvalue weighted by molar-refractivity contribution is 0.0939. The Balaban J connectivity index is 1.39. The van der Waals surface area contributed by atoms with Crippen molar-refractivity contribution in [3.8, 4) is 11.4 Å². The van der Waals surface area contributed by atoms with Gasteiger partial charge in [-0.1, -0.05) is 12.1 Å². The highest BCUT2D eigenvalue weighted by Gasteiger charge is 2.15. The summed E-state index contributed by atoms with van der Waals surface area (Å²) in [5.41, 5.74) is 4.85. The Labute approximate surface area is 197 Å². The van der Waals surface area contributed by atoms with Crippen LogP contribution in [0.25, 0.3) is 43.4 Å². The highest BCUT2D eigenvalue weighted by molar-refractivity contribution is 7.13. The number of amides is 1. The second-order valence-corrected chi connectivity index (χ2v) is 9.15. The van der Waals surface area contributed by atoms with Crippen LogP contribution in [-0.4, -0.2) is 41.5 Å². The first kappa shape index (κ1) is 20.3. The van der Waals surface area contributed by atoms with Crippen molar-refractivity contribution in [3.63, 3.8) is 0 Å². The molecule has 34 heavy (non-hydrogen) atoms. The predicted octanol–water partition coefficient (Wildman–Crippen LogP) is 4.99. The van der Waals surface area contributed by atoms with Crippen molar-refractivity contribution < 1.29 is 4.79 Å². The summed E-state index contributed by atoms with van der Waals surface area (Å²) in [6.45, 7) is 3.87. The second kappa shape index (κ2) is 7.92. The molecule has 0 aliphatic rings. The molecule has 9 nitrogen and oxygen atoms in total. The number of aromatic nitrogens is 6. The van der Waals surface area contributed by atoms with Crippen molar-refractivity contribution in [1.29, 1.82) is 0 Å². The number of carbonyl (C=O) groups excluding carboxylic acids is 1. The summed E-state index contributed by atoms with van der Waals surface area (Å²) < 4.78 is 5.19. The first-order chi connectivity index (χ1) is 16.5. The van der Waals surface area contributed by atoms with Crippen LogP contribution < -0.4 is 10.6 Å². The van der Waals surface area contributed by atoms with Gasteiger partial charge in [0, 0.05) is 33.6 Å². The van der Waals surface area contributed by atoms with Crippen LogP contribution in [0.5, 0.6) is 0 Å². The lowest BCUT2D eigenvalue weighted by atomic mass is 10.1. The fourth-order valence-electron chi connectivity index (χ4n) is 3.87. The predicted molar refractivity (Wildman–Crippen MR) is 134 cm³/mol. The molecule has 0 aliphatic heterocycles. The van der Waals surface area contributed by atoms with Crippen molar-refractivity contribution in [2.75, 3.05) is 5.32 Å². The van der Waals surface area contributed by atoms with E-state index >= 15 is 0 Å². The normalized spacial score (nSPS) is 11.6. The fraction of sp³-hybridized carbons (Fsp3) is 0.125. The van der Waals surface area contributed by atoms with Gasteiger partial charge in [0.05, 0.1) is 17.9 Å². The third-order valence-corrected chi connectivity index (χ3v) is 6.25. The van der Waals surface area contributed by atoms with Crippen LogP contribution in [0.1, 0.15) is 24.3 Å². The highest BCUT2D eigenvalue weighted by Crippen LogP contribution is 2.31. The molecule has 10 heteroatoms. The molecule has 1 amide bonds. The van der Waals surface area contributed by atoms with Gasteiger partial charge in [-0.15, -0.1) is 0 Å². The van der Waals surface area contributed by atoms with Gasteiger partial charge < -0.3 is 15.6 Å². The number of H-pyrrole nitrogens is 2. The highest BCUT2D eigenvalue weighted by atomic mass is 32.1. The van der Waals surface area contributed by atoms with E-state index in [1.807, 2.05) is 56.3 Å². The first-order valence-corrected chi connectivity index (χ1v) is 11.6. The third kappa shape index (κ3) is 3.63. The molecule has 0 bridgehead atoms. The Kier molecular flexibility index (Phi) is 4.73. The van der Waals surface area contributed by atoms with Crippen LogP contribution in [0.4, 0.5) is 11.5 Å². The number of fused-ring (bicyclic) bond motifs is 3. The topological polar surface area (TPSA) is 124 Å². The van der Waals surface area contributed by atoms with E-state index in [2.05, 4.69) is 30.2 Å². The molecule has 0 unspecified atom stereocenters. The molecule has 0 fully saturated rings. The number of nitrogens with one attached hydrogen (secondary N) is 4. The van der Waals surface area contributed by atoms with Crippen LogP contribution in [-0.2, 0) is 0 Å². The minimum absolute atomic E-state index is 0.0639. The summed E-state index contributed by atoms with van der Waals surface area (Å²) in [7, 11) is 0. The maximum atomic E-state index is 12.4. The third-order valence-electron chi connectivity index (χ3n) is 5.46. The van der Waals surface area contributed by atoms with Gasteiger partial charge in [-0.2, -0.15) is 9.47 Å². The van der Waals surface area contributed by atoms with Crippen molar-refractivity contribution in [2.45, 2.75) is 19.9 Å². The van der Waals surface area contributed by atoms with E-state index in [1.54, 1.807) is 12.4 Å². The molecule has 2 aromatic carbocycles. The van der Waals surface area contributed by atoms with E-state index < -0.39 is 0 Å². The summed E-state index contributed by atoms with van der Waals surface area (Å²) >= 11 is 1.35. The van der Waals surface area contributed by atoms with Gasteiger partial charge >= 0.3 is 0 Å². The number of carbonyl (C=O) groups is 1. The van der Waals surface area contributed by atoms with Gasteiger partial charge in [0.2, 0.25) is 0 Å². The number of anilines is 2. The molecule has 0 saturated carbocycles. The minimum atomic E-state index is -0.129. The largest absolute Gasteiger partial charge is 0.351 e. The van der Waals surface area contributed by atoms with Crippen LogP contribution >= 0.6 is 11.5 Å². The molecule has 6 aromatic rings. The molecule has 4 heterocycles. The molecule has 0 radical (unpaired) electrons. The number of rotatable bonds is 5. The van der Waals surface area contributed by atoms with Crippen molar-refractivity contribution in [3.05, 3.63) is 60.6 Å². The fourth-order valence-corrected chi connectivity index (χ4v) is 4.51. The average Bonchev–Trinajstić information content (AvgIpc) is 3.56. The number of aromatic amines is 2. The standard InChI is InChI=1S/C24H20N8OS/c1-12(2)27-24(33)19-8-13-3-4-14(9-18(13)29-19)22-30-20-11-26-34-21(20)23(31-22)28-16-5-6-17-15(7-16)10-25-32-17/h3-12,29H,1-2H3,(H,25,32)(H,27,33)(H,28,30,31). The molecule has 0 saturated heterocycles. The lowest BCUT2D eigenvalue weighted by Gasteiger charge is -2.09. The van der Waals surface area contributed by atoms with Crippen LogP contribution in [0.3, 0.4) is 0 Å². The number of hydrogen-bond donors (Lipinski definition) is 4. The van der Waals surface area contributed by atoms with Crippen LogP contribution in [0, 0.1) is 0 Å². The maximum absolute atomic E-state index is 12.4. The molecule has 0 spiro atoms. The van der Waals surface area contributed by atoms with E-state index in [0.29, 0.717) is 17.3 Å². The molecular weight excluding hydrogens is 448 g/mol. The number of hydrogen-bond acceptors (Lipinski definition) is 7. The summed E-state index contributed by atoms with van der Waals surface area (Å²) in [6.07, 6.45) is 3.53. The molecule has 4 N–H and O–H groups in total. The van der Waals surface area contributed by atoms with E-state index in [1.165, 1.54) is 11.5 Å². The van der Waals surface area contributed by atoms with Crippen molar-refractivity contribution in [2.24, 2.45) is 0 Å². The first-order valence-electron chi connectivity index (χ1n) is 10.8. The van der Waals surface area contributed by atoms with Gasteiger partial charge in [-0.05, 0) is 55.7 Å². The van der Waals surface area contributed by atoms with Gasteiger partial charge in [0.25, 0.3) is 5.91 Å². The lowest BCUT2D eigenvalue weighted by Crippen LogP contribution is -2.30. The Bertz CT molecular complexity index is 1680. The maximum Gasteiger partial charge on any atom is 0.267 e. The molecule has 6 rings (SSSR count). The number of benzene rings is 2. The quantitative estimate of drug-likeness (QED) is 0.282. The summed E-state index contributed by atoms with van der Waals surface area (Å²) in [5, 5.41) is 15.3. The molecule has 0 aliphatic carbocycles. The average molecular weight is 469 g/mol. The zero-order valence-corrected chi connectivity index (χ0v) is 19.2. The Morgan fingerprint density at radius 1 is 1.00 bits per heavy atom. The van der Waals surface area contributed by atoms with E-state index in [4.69, 9.17) is 9.97 Å². The van der Waals surface area contributed by atoms with E-state index in [-0.39, 0.29) is 11.9 Å². The van der Waals surface area contributed by atoms with Gasteiger partial charge in [0.1, 0.15) is 15.9 Å². The van der Waals surface area contributed by atoms with Gasteiger partial charge in [0.15, 0.2) is 11.6 Å². The Morgan fingerprint density at radius 3 is 2.79 bits per heavy atom. The zero-order chi connectivity index (χ0) is 23.2. The second-order valence-electron chi connectivity index (χ2n) is 8.35. The van der Waals surface area contributed by atoms with Crippen LogP contribution in [0.2, 0.25) is 0 Å². The van der Waals surface area contributed by atoms with Crippen molar-refractivity contribution >= 4 is 61.0 Å². The van der Waals surface area contributed by atoms with E-state index in [0.717, 1.165) is 43.3 Å². The summed E-state index contributed by atoms with van der Waals surface area (Å²) in [6, 6.07) is 13.8. The number of nitrogens with zero attached hydrogens (tertiary/aromatic N) is 4. The smallest absolute Gasteiger partial charge is 0.267 e. The molecule has 168 valence electrons. The molecule has 0 atom stereocenters. The Hall–Kier alpha value is -4.31.